The van der Waals surface area contributed by atoms with Crippen molar-refractivity contribution in [1.82, 2.24) is 4.90 Å². The van der Waals surface area contributed by atoms with Crippen molar-refractivity contribution in [2.75, 3.05) is 13.1 Å². The Hall–Kier alpha value is -1.51. The monoisotopic (exact) mass is 245 g/mol. The maximum Gasteiger partial charge on any atom is 0.254 e. The van der Waals surface area contributed by atoms with Crippen molar-refractivity contribution < 1.29 is 9.90 Å². The van der Waals surface area contributed by atoms with Crippen LogP contribution in [0.1, 0.15) is 48.5 Å². The molecular weight excluding hydrogens is 226 g/mol. The third-order valence-corrected chi connectivity index (χ3v) is 4.60. The number of hydrogen-bond donors (Lipinski definition) is 1. The number of hydrogen-bond acceptors (Lipinski definition) is 2. The summed E-state index contributed by atoms with van der Waals surface area (Å²) in [7, 11) is 0. The summed E-state index contributed by atoms with van der Waals surface area (Å²) < 4.78 is 0. The molecule has 3 heteroatoms. The van der Waals surface area contributed by atoms with E-state index in [0.717, 1.165) is 49.9 Å². The van der Waals surface area contributed by atoms with E-state index in [4.69, 9.17) is 0 Å². The molecule has 1 saturated heterocycles. The molecule has 2 bridgehead atoms. The number of nitrogens with zero attached hydrogens (tertiary/aromatic N) is 1. The van der Waals surface area contributed by atoms with Crippen molar-refractivity contribution in [1.29, 1.82) is 0 Å². The van der Waals surface area contributed by atoms with E-state index in [1.165, 1.54) is 0 Å². The Morgan fingerprint density at radius 3 is 3.00 bits per heavy atom. The highest BCUT2D eigenvalue weighted by Gasteiger charge is 2.42. The Balaban J connectivity index is 2.21. The molecule has 1 aromatic rings. The molecule has 3 nitrogen and oxygen atoms in total. The molecule has 1 amide bonds. The van der Waals surface area contributed by atoms with E-state index in [0.29, 0.717) is 0 Å². The molecule has 0 aromatic heterocycles. The quantitative estimate of drug-likeness (QED) is 0.826. The van der Waals surface area contributed by atoms with Gasteiger partial charge in [0.2, 0.25) is 0 Å². The van der Waals surface area contributed by atoms with Crippen LogP contribution in [0.25, 0.3) is 0 Å². The van der Waals surface area contributed by atoms with Crippen LogP contribution >= 0.6 is 0 Å². The third-order valence-electron chi connectivity index (χ3n) is 4.60. The van der Waals surface area contributed by atoms with E-state index in [2.05, 4.69) is 6.92 Å². The summed E-state index contributed by atoms with van der Waals surface area (Å²) in [5, 5.41) is 9.73. The van der Waals surface area contributed by atoms with Crippen LogP contribution in [-0.2, 0) is 5.41 Å². The average Bonchev–Trinajstić information content (AvgIpc) is 2.58. The SMILES string of the molecule is CC[C@]12CCCCN(C1)C(=O)c1ccc(O)cc12. The second-order valence-electron chi connectivity index (χ2n) is 5.55. The molecule has 1 atom stereocenters. The molecular formula is C15H19NO2. The second kappa shape index (κ2) is 4.01. The van der Waals surface area contributed by atoms with Gasteiger partial charge in [0, 0.05) is 24.1 Å². The Morgan fingerprint density at radius 1 is 1.39 bits per heavy atom. The Labute approximate surface area is 107 Å². The molecule has 96 valence electrons. The summed E-state index contributed by atoms with van der Waals surface area (Å²) in [5.41, 5.74) is 1.91. The minimum atomic E-state index is 0.0541. The first-order valence-electron chi connectivity index (χ1n) is 6.79. The van der Waals surface area contributed by atoms with Gasteiger partial charge in [0.05, 0.1) is 0 Å². The molecule has 0 spiro atoms. The van der Waals surface area contributed by atoms with E-state index >= 15 is 0 Å². The zero-order valence-electron chi connectivity index (χ0n) is 10.8. The normalized spacial score (nSPS) is 26.7. The Bertz CT molecular complexity index is 497. The van der Waals surface area contributed by atoms with Crippen LogP contribution in [0.5, 0.6) is 5.75 Å². The number of phenols is 1. The zero-order chi connectivity index (χ0) is 12.8. The molecule has 3 rings (SSSR count). The predicted molar refractivity (Wildman–Crippen MR) is 69.8 cm³/mol. The van der Waals surface area contributed by atoms with Gasteiger partial charge >= 0.3 is 0 Å². The summed E-state index contributed by atoms with van der Waals surface area (Å²) in [6, 6.07) is 5.22. The van der Waals surface area contributed by atoms with Crippen molar-refractivity contribution >= 4 is 5.91 Å². The summed E-state index contributed by atoms with van der Waals surface area (Å²) in [6.45, 7) is 3.88. The highest BCUT2D eigenvalue weighted by atomic mass is 16.3. The summed E-state index contributed by atoms with van der Waals surface area (Å²) >= 11 is 0. The maximum atomic E-state index is 12.4. The van der Waals surface area contributed by atoms with Crippen molar-refractivity contribution in [3.8, 4) is 5.75 Å². The van der Waals surface area contributed by atoms with Gasteiger partial charge in [-0.25, -0.2) is 0 Å². The molecule has 1 aromatic carbocycles. The first kappa shape index (κ1) is 11.6. The molecule has 2 aliphatic rings. The van der Waals surface area contributed by atoms with Gasteiger partial charge in [-0.3, -0.25) is 4.79 Å². The van der Waals surface area contributed by atoms with Crippen LogP contribution in [0.4, 0.5) is 0 Å². The van der Waals surface area contributed by atoms with Crippen molar-refractivity contribution in [2.45, 2.75) is 38.0 Å². The average molecular weight is 245 g/mol. The van der Waals surface area contributed by atoms with Crippen LogP contribution in [0, 0.1) is 0 Å². The Kier molecular flexibility index (Phi) is 2.58. The van der Waals surface area contributed by atoms with Crippen molar-refractivity contribution in [3.63, 3.8) is 0 Å². The van der Waals surface area contributed by atoms with E-state index < -0.39 is 0 Å². The number of aromatic hydroxyl groups is 1. The first-order chi connectivity index (χ1) is 8.66. The Morgan fingerprint density at radius 2 is 2.22 bits per heavy atom. The molecule has 0 unspecified atom stereocenters. The molecule has 0 aliphatic carbocycles. The fourth-order valence-electron chi connectivity index (χ4n) is 3.49. The number of carbonyl (C=O) groups is 1. The van der Waals surface area contributed by atoms with Crippen LogP contribution in [-0.4, -0.2) is 29.0 Å². The molecule has 0 saturated carbocycles. The van der Waals surface area contributed by atoms with E-state index in [9.17, 15) is 9.90 Å². The van der Waals surface area contributed by atoms with Gasteiger partial charge in [-0.15, -0.1) is 0 Å². The number of phenolic OH excluding ortho intramolecular Hbond substituents is 1. The van der Waals surface area contributed by atoms with Gasteiger partial charge in [0.15, 0.2) is 0 Å². The second-order valence-corrected chi connectivity index (χ2v) is 5.55. The number of benzene rings is 1. The minimum absolute atomic E-state index is 0.0541. The fourth-order valence-corrected chi connectivity index (χ4v) is 3.49. The number of fused-ring (bicyclic) bond motifs is 4. The lowest BCUT2D eigenvalue weighted by atomic mass is 9.70. The summed E-state index contributed by atoms with van der Waals surface area (Å²) in [4.78, 5) is 14.4. The zero-order valence-corrected chi connectivity index (χ0v) is 10.8. The van der Waals surface area contributed by atoms with E-state index in [-0.39, 0.29) is 17.1 Å². The fraction of sp³-hybridized carbons (Fsp3) is 0.533. The van der Waals surface area contributed by atoms with Gasteiger partial charge < -0.3 is 10.0 Å². The molecule has 1 fully saturated rings. The minimum Gasteiger partial charge on any atom is -0.508 e. The first-order valence-corrected chi connectivity index (χ1v) is 6.79. The summed E-state index contributed by atoms with van der Waals surface area (Å²) in [5.74, 6) is 0.406. The standard InChI is InChI=1S/C15H19NO2/c1-2-15-7-3-4-8-16(10-15)14(18)12-6-5-11(17)9-13(12)15/h5-6,9,17H,2-4,7-8,10H2,1H3/t15-/m0/s1. The summed E-state index contributed by atoms with van der Waals surface area (Å²) in [6.07, 6.45) is 4.39. The van der Waals surface area contributed by atoms with Crippen LogP contribution in [0.15, 0.2) is 18.2 Å². The molecule has 0 radical (unpaired) electrons. The topological polar surface area (TPSA) is 40.5 Å². The maximum absolute atomic E-state index is 12.4. The van der Waals surface area contributed by atoms with Gasteiger partial charge in [-0.2, -0.15) is 0 Å². The van der Waals surface area contributed by atoms with Gasteiger partial charge in [-0.05, 0) is 43.0 Å². The van der Waals surface area contributed by atoms with Gasteiger partial charge in [-0.1, -0.05) is 13.3 Å². The van der Waals surface area contributed by atoms with Crippen LogP contribution < -0.4 is 0 Å². The molecule has 2 aliphatic heterocycles. The number of carbonyl (C=O) groups excluding carboxylic acids is 1. The lowest BCUT2D eigenvalue weighted by Crippen LogP contribution is -2.48. The smallest absolute Gasteiger partial charge is 0.254 e. The predicted octanol–water partition coefficient (Wildman–Crippen LogP) is 2.68. The van der Waals surface area contributed by atoms with E-state index in [1.54, 1.807) is 18.2 Å². The van der Waals surface area contributed by atoms with Gasteiger partial charge in [0.1, 0.15) is 5.75 Å². The molecule has 1 N–H and O–H groups in total. The van der Waals surface area contributed by atoms with Crippen LogP contribution in [0.2, 0.25) is 0 Å². The lowest BCUT2D eigenvalue weighted by Gasteiger charge is -2.41. The highest BCUT2D eigenvalue weighted by Crippen LogP contribution is 2.43. The number of rotatable bonds is 1. The number of amides is 1. The molecule has 2 heterocycles. The lowest BCUT2D eigenvalue weighted by molar-refractivity contribution is 0.0688. The van der Waals surface area contributed by atoms with Crippen LogP contribution in [0.3, 0.4) is 0 Å². The van der Waals surface area contributed by atoms with Gasteiger partial charge in [0.25, 0.3) is 5.91 Å². The third kappa shape index (κ3) is 1.53. The molecule has 18 heavy (non-hydrogen) atoms. The highest BCUT2D eigenvalue weighted by molar-refractivity contribution is 5.97. The largest absolute Gasteiger partial charge is 0.508 e. The van der Waals surface area contributed by atoms with Crippen molar-refractivity contribution in [2.24, 2.45) is 0 Å². The van der Waals surface area contributed by atoms with E-state index in [1.807, 2.05) is 4.90 Å². The van der Waals surface area contributed by atoms with Crippen molar-refractivity contribution in [3.05, 3.63) is 29.3 Å².